The van der Waals surface area contributed by atoms with Gasteiger partial charge in [0, 0.05) is 19.2 Å². The van der Waals surface area contributed by atoms with E-state index in [4.69, 9.17) is 4.74 Å². The first-order valence-corrected chi connectivity index (χ1v) is 8.73. The minimum absolute atomic E-state index is 0.0524. The van der Waals surface area contributed by atoms with E-state index in [2.05, 4.69) is 23.2 Å². The SMILES string of the molecule is CCCN1CC2=C(C(=O)NC2c2cc(C#N)ccc2OCC)N(C)C1. The van der Waals surface area contributed by atoms with E-state index in [0.717, 1.165) is 48.8 Å². The van der Waals surface area contributed by atoms with Crippen LogP contribution in [-0.2, 0) is 4.79 Å². The maximum Gasteiger partial charge on any atom is 0.268 e. The normalized spacial score (nSPS) is 20.3. The van der Waals surface area contributed by atoms with Gasteiger partial charge >= 0.3 is 0 Å². The van der Waals surface area contributed by atoms with Crippen molar-refractivity contribution in [1.82, 2.24) is 15.1 Å². The molecule has 6 heteroatoms. The van der Waals surface area contributed by atoms with Gasteiger partial charge < -0.3 is 15.0 Å². The second kappa shape index (κ2) is 7.16. The average Bonchev–Trinajstić information content (AvgIpc) is 2.93. The number of nitrogens with zero attached hydrogens (tertiary/aromatic N) is 3. The Hall–Kier alpha value is -2.52. The highest BCUT2D eigenvalue weighted by atomic mass is 16.5. The molecule has 2 aliphatic heterocycles. The molecule has 1 amide bonds. The third-order valence-corrected chi connectivity index (χ3v) is 4.62. The Balaban J connectivity index is 2.03. The lowest BCUT2D eigenvalue weighted by atomic mass is 9.96. The molecule has 0 radical (unpaired) electrons. The summed E-state index contributed by atoms with van der Waals surface area (Å²) >= 11 is 0. The van der Waals surface area contributed by atoms with E-state index in [9.17, 15) is 10.1 Å². The maximum atomic E-state index is 12.6. The quantitative estimate of drug-likeness (QED) is 0.888. The molecule has 132 valence electrons. The first kappa shape index (κ1) is 17.3. The lowest BCUT2D eigenvalue weighted by Gasteiger charge is -2.35. The van der Waals surface area contributed by atoms with E-state index >= 15 is 0 Å². The summed E-state index contributed by atoms with van der Waals surface area (Å²) in [6.07, 6.45) is 1.07. The van der Waals surface area contributed by atoms with Gasteiger partial charge in [-0.05, 0) is 43.7 Å². The van der Waals surface area contributed by atoms with Crippen LogP contribution in [0.15, 0.2) is 29.5 Å². The third kappa shape index (κ3) is 3.20. The molecule has 2 heterocycles. The number of nitriles is 1. The maximum absolute atomic E-state index is 12.6. The summed E-state index contributed by atoms with van der Waals surface area (Å²) in [5.74, 6) is 0.666. The van der Waals surface area contributed by atoms with Gasteiger partial charge in [0.1, 0.15) is 11.4 Å². The molecule has 1 unspecified atom stereocenters. The lowest BCUT2D eigenvalue weighted by Crippen LogP contribution is -2.43. The van der Waals surface area contributed by atoms with Crippen molar-refractivity contribution in [2.24, 2.45) is 0 Å². The molecule has 2 aliphatic rings. The fourth-order valence-electron chi connectivity index (χ4n) is 3.68. The van der Waals surface area contributed by atoms with Crippen LogP contribution in [0.5, 0.6) is 5.75 Å². The van der Waals surface area contributed by atoms with Gasteiger partial charge in [0.2, 0.25) is 0 Å². The summed E-state index contributed by atoms with van der Waals surface area (Å²) in [6, 6.07) is 7.31. The number of rotatable bonds is 5. The van der Waals surface area contributed by atoms with E-state index in [-0.39, 0.29) is 11.9 Å². The molecule has 1 atom stereocenters. The monoisotopic (exact) mass is 340 g/mol. The molecule has 0 aromatic heterocycles. The van der Waals surface area contributed by atoms with Crippen molar-refractivity contribution in [2.75, 3.05) is 33.4 Å². The van der Waals surface area contributed by atoms with E-state index in [0.29, 0.717) is 12.2 Å². The number of carbonyl (C=O) groups is 1. The van der Waals surface area contributed by atoms with Crippen molar-refractivity contribution < 1.29 is 9.53 Å². The van der Waals surface area contributed by atoms with Crippen molar-refractivity contribution in [2.45, 2.75) is 26.3 Å². The smallest absolute Gasteiger partial charge is 0.268 e. The summed E-state index contributed by atoms with van der Waals surface area (Å²) in [7, 11) is 1.95. The molecular formula is C19H24N4O2. The molecular weight excluding hydrogens is 316 g/mol. The fourth-order valence-corrected chi connectivity index (χ4v) is 3.68. The molecule has 25 heavy (non-hydrogen) atoms. The third-order valence-electron chi connectivity index (χ3n) is 4.62. The summed E-state index contributed by atoms with van der Waals surface area (Å²) in [5.41, 5.74) is 3.23. The summed E-state index contributed by atoms with van der Waals surface area (Å²) < 4.78 is 5.75. The van der Waals surface area contributed by atoms with Crippen LogP contribution in [0.4, 0.5) is 0 Å². The number of ether oxygens (including phenoxy) is 1. The van der Waals surface area contributed by atoms with Crippen molar-refractivity contribution in [3.63, 3.8) is 0 Å². The zero-order chi connectivity index (χ0) is 18.0. The molecule has 1 aromatic carbocycles. The Labute approximate surface area is 148 Å². The van der Waals surface area contributed by atoms with Gasteiger partial charge in [0.15, 0.2) is 0 Å². The predicted molar refractivity (Wildman–Crippen MR) is 94.7 cm³/mol. The van der Waals surface area contributed by atoms with Crippen LogP contribution in [-0.4, -0.2) is 49.1 Å². The van der Waals surface area contributed by atoms with Crippen LogP contribution in [0.3, 0.4) is 0 Å². The van der Waals surface area contributed by atoms with Crippen LogP contribution in [0.2, 0.25) is 0 Å². The number of carbonyl (C=O) groups excluding carboxylic acids is 1. The largest absolute Gasteiger partial charge is 0.494 e. The molecule has 0 saturated heterocycles. The van der Waals surface area contributed by atoms with E-state index in [1.54, 1.807) is 6.07 Å². The second-order valence-corrected chi connectivity index (χ2v) is 6.47. The highest BCUT2D eigenvalue weighted by molar-refractivity contribution is 5.97. The van der Waals surface area contributed by atoms with Crippen molar-refractivity contribution in [3.05, 3.63) is 40.6 Å². The van der Waals surface area contributed by atoms with Gasteiger partial charge in [-0.2, -0.15) is 5.26 Å². The van der Waals surface area contributed by atoms with Crippen molar-refractivity contribution in [3.8, 4) is 11.8 Å². The Morgan fingerprint density at radius 2 is 2.20 bits per heavy atom. The number of hydrogen-bond acceptors (Lipinski definition) is 5. The number of hydrogen-bond donors (Lipinski definition) is 1. The molecule has 0 bridgehead atoms. The number of amides is 1. The van der Waals surface area contributed by atoms with E-state index < -0.39 is 0 Å². The van der Waals surface area contributed by atoms with Crippen LogP contribution < -0.4 is 10.1 Å². The van der Waals surface area contributed by atoms with Crippen LogP contribution in [0, 0.1) is 11.3 Å². The average molecular weight is 340 g/mol. The minimum Gasteiger partial charge on any atom is -0.494 e. The lowest BCUT2D eigenvalue weighted by molar-refractivity contribution is -0.118. The van der Waals surface area contributed by atoms with Gasteiger partial charge in [0.25, 0.3) is 5.91 Å². The van der Waals surface area contributed by atoms with Gasteiger partial charge in [-0.25, -0.2) is 0 Å². The first-order chi connectivity index (χ1) is 12.1. The molecule has 6 nitrogen and oxygen atoms in total. The molecule has 1 aromatic rings. The predicted octanol–water partition coefficient (Wildman–Crippen LogP) is 2.00. The molecule has 0 fully saturated rings. The fraction of sp³-hybridized carbons (Fsp3) is 0.474. The first-order valence-electron chi connectivity index (χ1n) is 8.73. The Bertz CT molecular complexity index is 750. The topological polar surface area (TPSA) is 68.6 Å². The van der Waals surface area contributed by atoms with Gasteiger partial charge in [0.05, 0.1) is 31.0 Å². The summed E-state index contributed by atoms with van der Waals surface area (Å²) in [6.45, 7) is 7.11. The van der Waals surface area contributed by atoms with Crippen LogP contribution in [0.1, 0.15) is 37.4 Å². The number of benzene rings is 1. The standard InChI is InChI=1S/C19H24N4O2/c1-4-8-23-11-15-17(21-19(24)18(15)22(3)12-23)14-9-13(10-20)6-7-16(14)25-5-2/h6-7,9,17H,4-5,8,11-12H2,1-3H3,(H,21,24). The highest BCUT2D eigenvalue weighted by Gasteiger charge is 2.39. The Morgan fingerprint density at radius 3 is 2.88 bits per heavy atom. The highest BCUT2D eigenvalue weighted by Crippen LogP contribution is 2.38. The molecule has 0 saturated carbocycles. The molecule has 0 spiro atoms. The minimum atomic E-state index is -0.251. The number of likely N-dealkylation sites (N-methyl/N-ethyl adjacent to an activating group) is 1. The van der Waals surface area contributed by atoms with Crippen LogP contribution >= 0.6 is 0 Å². The van der Waals surface area contributed by atoms with E-state index in [1.807, 2.05) is 31.0 Å². The summed E-state index contributed by atoms with van der Waals surface area (Å²) in [5, 5.41) is 12.3. The zero-order valence-corrected chi connectivity index (χ0v) is 15.0. The second-order valence-electron chi connectivity index (χ2n) is 6.47. The van der Waals surface area contributed by atoms with Gasteiger partial charge in [-0.3, -0.25) is 9.69 Å². The zero-order valence-electron chi connectivity index (χ0n) is 15.0. The molecule has 3 rings (SSSR count). The van der Waals surface area contributed by atoms with Crippen molar-refractivity contribution in [1.29, 1.82) is 5.26 Å². The Morgan fingerprint density at radius 1 is 1.40 bits per heavy atom. The Kier molecular flexibility index (Phi) is 4.95. The van der Waals surface area contributed by atoms with Crippen molar-refractivity contribution >= 4 is 5.91 Å². The van der Waals surface area contributed by atoms with Gasteiger partial charge in [-0.15, -0.1) is 0 Å². The van der Waals surface area contributed by atoms with Crippen LogP contribution in [0.25, 0.3) is 0 Å². The van der Waals surface area contributed by atoms with E-state index in [1.165, 1.54) is 0 Å². The number of nitrogens with one attached hydrogen (secondary N) is 1. The van der Waals surface area contributed by atoms with Gasteiger partial charge in [-0.1, -0.05) is 6.92 Å². The summed E-state index contributed by atoms with van der Waals surface area (Å²) in [4.78, 5) is 16.9. The molecule has 0 aliphatic carbocycles. The molecule has 1 N–H and O–H groups in total.